The molecule has 1 aliphatic carbocycles. The molecule has 2 N–H and O–H groups in total. The van der Waals surface area contributed by atoms with Crippen molar-refractivity contribution in [3.05, 3.63) is 41.0 Å². The first-order valence-electron chi connectivity index (χ1n) is 8.34. The molecule has 1 fully saturated rings. The summed E-state index contributed by atoms with van der Waals surface area (Å²) in [6.45, 7) is 1.98. The molecule has 1 aromatic heterocycles. The van der Waals surface area contributed by atoms with Crippen LogP contribution in [0.3, 0.4) is 0 Å². The SMILES string of the molecule is Cc1cc(Nc2ccccc2Cl)nc(NC2CCCCCC2)n1. The van der Waals surface area contributed by atoms with Crippen LogP contribution in [0.15, 0.2) is 30.3 Å². The van der Waals surface area contributed by atoms with Gasteiger partial charge in [0.05, 0.1) is 10.7 Å². The van der Waals surface area contributed by atoms with E-state index in [1.165, 1.54) is 38.5 Å². The van der Waals surface area contributed by atoms with Crippen LogP contribution >= 0.6 is 11.6 Å². The lowest BCUT2D eigenvalue weighted by atomic mass is 10.1. The van der Waals surface area contributed by atoms with E-state index in [1.54, 1.807) is 0 Å². The highest BCUT2D eigenvalue weighted by Gasteiger charge is 2.14. The molecule has 1 heterocycles. The second kappa shape index (κ2) is 7.64. The molecule has 0 amide bonds. The zero-order valence-corrected chi connectivity index (χ0v) is 14.2. The molecule has 0 atom stereocenters. The Hall–Kier alpha value is -1.81. The van der Waals surface area contributed by atoms with E-state index < -0.39 is 0 Å². The number of benzene rings is 1. The lowest BCUT2D eigenvalue weighted by Crippen LogP contribution is -2.20. The molecule has 3 rings (SSSR count). The maximum Gasteiger partial charge on any atom is 0.225 e. The predicted octanol–water partition coefficient (Wildman–Crippen LogP) is 5.32. The molecule has 2 aromatic rings. The molecular weight excluding hydrogens is 308 g/mol. The van der Waals surface area contributed by atoms with Gasteiger partial charge >= 0.3 is 0 Å². The van der Waals surface area contributed by atoms with E-state index in [9.17, 15) is 0 Å². The molecular formula is C18H23ClN4. The number of hydrogen-bond donors (Lipinski definition) is 2. The van der Waals surface area contributed by atoms with Gasteiger partial charge in [0.15, 0.2) is 0 Å². The minimum Gasteiger partial charge on any atom is -0.351 e. The van der Waals surface area contributed by atoms with Crippen molar-refractivity contribution in [1.29, 1.82) is 0 Å². The van der Waals surface area contributed by atoms with Crippen LogP contribution in [-0.2, 0) is 0 Å². The highest BCUT2D eigenvalue weighted by molar-refractivity contribution is 6.33. The number of halogens is 1. The number of aryl methyl sites for hydroxylation is 1. The minimum atomic E-state index is 0.479. The van der Waals surface area contributed by atoms with Gasteiger partial charge in [-0.25, -0.2) is 4.98 Å². The van der Waals surface area contributed by atoms with E-state index in [0.717, 1.165) is 17.2 Å². The van der Waals surface area contributed by atoms with Crippen LogP contribution in [0.4, 0.5) is 17.5 Å². The van der Waals surface area contributed by atoms with E-state index in [0.29, 0.717) is 17.0 Å². The Bertz CT molecular complexity index is 651. The quantitative estimate of drug-likeness (QED) is 0.745. The number of rotatable bonds is 4. The van der Waals surface area contributed by atoms with Crippen molar-refractivity contribution < 1.29 is 0 Å². The van der Waals surface area contributed by atoms with Gasteiger partial charge < -0.3 is 10.6 Å². The van der Waals surface area contributed by atoms with E-state index in [2.05, 4.69) is 20.6 Å². The molecule has 122 valence electrons. The van der Waals surface area contributed by atoms with Crippen LogP contribution in [0, 0.1) is 6.92 Å². The van der Waals surface area contributed by atoms with Crippen molar-refractivity contribution >= 4 is 29.1 Å². The monoisotopic (exact) mass is 330 g/mol. The highest BCUT2D eigenvalue weighted by Crippen LogP contribution is 2.25. The largest absolute Gasteiger partial charge is 0.351 e. The third-order valence-corrected chi connectivity index (χ3v) is 4.51. The van der Waals surface area contributed by atoms with Crippen molar-refractivity contribution in [1.82, 2.24) is 9.97 Å². The van der Waals surface area contributed by atoms with Gasteiger partial charge in [-0.1, -0.05) is 49.4 Å². The summed E-state index contributed by atoms with van der Waals surface area (Å²) < 4.78 is 0. The van der Waals surface area contributed by atoms with Crippen molar-refractivity contribution in [2.45, 2.75) is 51.5 Å². The summed E-state index contributed by atoms with van der Waals surface area (Å²) in [5.41, 5.74) is 1.79. The first-order chi connectivity index (χ1) is 11.2. The Morgan fingerprint density at radius 2 is 1.78 bits per heavy atom. The number of anilines is 3. The molecule has 0 saturated heterocycles. The third-order valence-electron chi connectivity index (χ3n) is 4.18. The van der Waals surface area contributed by atoms with Crippen LogP contribution < -0.4 is 10.6 Å². The van der Waals surface area contributed by atoms with E-state index in [4.69, 9.17) is 11.6 Å². The molecule has 4 nitrogen and oxygen atoms in total. The van der Waals surface area contributed by atoms with Gasteiger partial charge in [-0.05, 0) is 31.9 Å². The summed E-state index contributed by atoms with van der Waals surface area (Å²) in [4.78, 5) is 9.13. The standard InChI is InChI=1S/C18H23ClN4/c1-13-12-17(22-16-11-7-6-10-15(16)19)23-18(20-13)21-14-8-4-2-3-5-9-14/h6-7,10-12,14H,2-5,8-9H2,1H3,(H2,20,21,22,23). The summed E-state index contributed by atoms with van der Waals surface area (Å²) in [7, 11) is 0. The average molecular weight is 331 g/mol. The molecule has 5 heteroatoms. The van der Waals surface area contributed by atoms with Crippen LogP contribution in [0.2, 0.25) is 5.02 Å². The maximum absolute atomic E-state index is 6.21. The normalized spacial score (nSPS) is 15.9. The van der Waals surface area contributed by atoms with Gasteiger partial charge in [-0.3, -0.25) is 0 Å². The second-order valence-corrected chi connectivity index (χ2v) is 6.56. The Labute approximate surface area is 142 Å². The minimum absolute atomic E-state index is 0.479. The van der Waals surface area contributed by atoms with E-state index >= 15 is 0 Å². The molecule has 0 bridgehead atoms. The van der Waals surface area contributed by atoms with E-state index in [1.807, 2.05) is 37.3 Å². The number of aromatic nitrogens is 2. The molecule has 0 unspecified atom stereocenters. The van der Waals surface area contributed by atoms with Gasteiger partial charge in [-0.2, -0.15) is 4.98 Å². The van der Waals surface area contributed by atoms with Crippen molar-refractivity contribution in [2.75, 3.05) is 10.6 Å². The Balaban J connectivity index is 1.74. The topological polar surface area (TPSA) is 49.8 Å². The Morgan fingerprint density at radius 1 is 1.04 bits per heavy atom. The first-order valence-corrected chi connectivity index (χ1v) is 8.72. The van der Waals surface area contributed by atoms with Crippen LogP contribution in [0.25, 0.3) is 0 Å². The predicted molar refractivity (Wildman–Crippen MR) is 96.6 cm³/mol. The fourth-order valence-corrected chi connectivity index (χ4v) is 3.19. The lowest BCUT2D eigenvalue weighted by molar-refractivity contribution is 0.614. The van der Waals surface area contributed by atoms with Gasteiger partial charge in [0.25, 0.3) is 0 Å². The van der Waals surface area contributed by atoms with Gasteiger partial charge in [0.2, 0.25) is 5.95 Å². The second-order valence-electron chi connectivity index (χ2n) is 6.16. The molecule has 0 aliphatic heterocycles. The number of nitrogens with one attached hydrogen (secondary N) is 2. The summed E-state index contributed by atoms with van der Waals surface area (Å²) in [5.74, 6) is 1.47. The Kier molecular flexibility index (Phi) is 5.34. The molecule has 1 saturated carbocycles. The summed E-state index contributed by atoms with van der Waals surface area (Å²) in [6, 6.07) is 10.1. The third kappa shape index (κ3) is 4.58. The van der Waals surface area contributed by atoms with E-state index in [-0.39, 0.29) is 0 Å². The fourth-order valence-electron chi connectivity index (χ4n) is 3.00. The lowest BCUT2D eigenvalue weighted by Gasteiger charge is -2.17. The van der Waals surface area contributed by atoms with Crippen LogP contribution in [0.5, 0.6) is 0 Å². The van der Waals surface area contributed by atoms with Gasteiger partial charge in [-0.15, -0.1) is 0 Å². The first kappa shape index (κ1) is 16.1. The molecule has 23 heavy (non-hydrogen) atoms. The maximum atomic E-state index is 6.21. The molecule has 0 spiro atoms. The van der Waals surface area contributed by atoms with Gasteiger partial charge in [0.1, 0.15) is 5.82 Å². The zero-order chi connectivity index (χ0) is 16.1. The number of nitrogens with zero attached hydrogens (tertiary/aromatic N) is 2. The summed E-state index contributed by atoms with van der Waals surface area (Å²) in [5, 5.41) is 7.47. The van der Waals surface area contributed by atoms with Crippen LogP contribution in [-0.4, -0.2) is 16.0 Å². The molecule has 1 aliphatic rings. The number of hydrogen-bond acceptors (Lipinski definition) is 4. The molecule has 1 aromatic carbocycles. The fraction of sp³-hybridized carbons (Fsp3) is 0.444. The van der Waals surface area contributed by atoms with Crippen molar-refractivity contribution in [2.24, 2.45) is 0 Å². The van der Waals surface area contributed by atoms with Gasteiger partial charge in [0, 0.05) is 17.8 Å². The highest BCUT2D eigenvalue weighted by atomic mass is 35.5. The zero-order valence-electron chi connectivity index (χ0n) is 13.5. The van der Waals surface area contributed by atoms with Crippen LogP contribution in [0.1, 0.15) is 44.2 Å². The number of para-hydroxylation sites is 1. The smallest absolute Gasteiger partial charge is 0.225 e. The van der Waals surface area contributed by atoms with Crippen molar-refractivity contribution in [3.63, 3.8) is 0 Å². The summed E-state index contributed by atoms with van der Waals surface area (Å²) >= 11 is 6.21. The summed E-state index contributed by atoms with van der Waals surface area (Å²) in [6.07, 6.45) is 7.65. The van der Waals surface area contributed by atoms with Crippen molar-refractivity contribution in [3.8, 4) is 0 Å². The molecule has 0 radical (unpaired) electrons. The average Bonchev–Trinajstić information content (AvgIpc) is 2.78. The Morgan fingerprint density at radius 3 is 2.52 bits per heavy atom.